The molecular formula is C17H16N2OS. The zero-order chi connectivity index (χ0) is 14.1. The van der Waals surface area contributed by atoms with E-state index in [-0.39, 0.29) is 6.10 Å². The largest absolute Gasteiger partial charge is 0.371 e. The molecule has 1 aliphatic heterocycles. The van der Waals surface area contributed by atoms with E-state index < -0.39 is 0 Å². The molecule has 1 atom stereocenters. The molecule has 3 nitrogen and oxygen atoms in total. The van der Waals surface area contributed by atoms with Crippen molar-refractivity contribution in [3.63, 3.8) is 0 Å². The Hall–Kier alpha value is -1.91. The molecule has 3 aromatic rings. The van der Waals surface area contributed by atoms with E-state index in [0.717, 1.165) is 25.4 Å². The van der Waals surface area contributed by atoms with Gasteiger partial charge >= 0.3 is 0 Å². The number of aromatic nitrogens is 2. The molecule has 2 aromatic heterocycles. The Kier molecular flexibility index (Phi) is 3.33. The van der Waals surface area contributed by atoms with Gasteiger partial charge in [0.25, 0.3) is 0 Å². The lowest BCUT2D eigenvalue weighted by Crippen LogP contribution is -2.20. The fourth-order valence-corrected chi connectivity index (χ4v) is 3.63. The van der Waals surface area contributed by atoms with E-state index in [1.54, 1.807) is 11.3 Å². The van der Waals surface area contributed by atoms with Gasteiger partial charge in [-0.25, -0.2) is 4.98 Å². The van der Waals surface area contributed by atoms with Gasteiger partial charge in [-0.3, -0.25) is 0 Å². The van der Waals surface area contributed by atoms with Crippen LogP contribution in [0.1, 0.15) is 17.2 Å². The number of rotatable bonds is 3. The highest BCUT2D eigenvalue weighted by Gasteiger charge is 2.22. The summed E-state index contributed by atoms with van der Waals surface area (Å²) in [5, 5.41) is 2.08. The monoisotopic (exact) mass is 296 g/mol. The Morgan fingerprint density at radius 2 is 2.19 bits per heavy atom. The van der Waals surface area contributed by atoms with Crippen molar-refractivity contribution in [1.29, 1.82) is 0 Å². The molecule has 0 saturated heterocycles. The van der Waals surface area contributed by atoms with Gasteiger partial charge in [0, 0.05) is 12.4 Å². The quantitative estimate of drug-likeness (QED) is 0.732. The normalized spacial score (nSPS) is 17.6. The second kappa shape index (κ2) is 5.47. The van der Waals surface area contributed by atoms with Crippen molar-refractivity contribution in [3.05, 3.63) is 65.3 Å². The van der Waals surface area contributed by atoms with Crippen LogP contribution >= 0.6 is 11.3 Å². The molecule has 0 bridgehead atoms. The third-order valence-electron chi connectivity index (χ3n) is 3.91. The molecule has 106 valence electrons. The number of hydrogen-bond donors (Lipinski definition) is 0. The SMILES string of the molecule is c1csc(-c2nccn2CC2OCCc3ccccc32)c1. The molecular weight excluding hydrogens is 280 g/mol. The predicted molar refractivity (Wildman–Crippen MR) is 84.4 cm³/mol. The van der Waals surface area contributed by atoms with Crippen LogP contribution in [0.25, 0.3) is 10.7 Å². The zero-order valence-electron chi connectivity index (χ0n) is 11.6. The summed E-state index contributed by atoms with van der Waals surface area (Å²) in [6, 6.07) is 12.8. The lowest BCUT2D eigenvalue weighted by molar-refractivity contribution is 0.0309. The van der Waals surface area contributed by atoms with Crippen molar-refractivity contribution in [3.8, 4) is 10.7 Å². The highest BCUT2D eigenvalue weighted by molar-refractivity contribution is 7.13. The van der Waals surface area contributed by atoms with Gasteiger partial charge in [-0.2, -0.15) is 0 Å². The highest BCUT2D eigenvalue weighted by atomic mass is 32.1. The van der Waals surface area contributed by atoms with Gasteiger partial charge in [-0.15, -0.1) is 11.3 Å². The predicted octanol–water partition coefficient (Wildman–Crippen LogP) is 3.93. The minimum absolute atomic E-state index is 0.114. The second-order valence-electron chi connectivity index (χ2n) is 5.19. The maximum absolute atomic E-state index is 6.00. The molecule has 0 fully saturated rings. The van der Waals surface area contributed by atoms with Crippen molar-refractivity contribution in [1.82, 2.24) is 9.55 Å². The molecule has 3 heterocycles. The van der Waals surface area contributed by atoms with E-state index in [0.29, 0.717) is 0 Å². The van der Waals surface area contributed by atoms with Gasteiger partial charge in [0.15, 0.2) is 0 Å². The first-order valence-electron chi connectivity index (χ1n) is 7.16. The molecule has 1 aromatic carbocycles. The summed E-state index contributed by atoms with van der Waals surface area (Å²) in [5.74, 6) is 1.02. The van der Waals surface area contributed by atoms with Crippen LogP contribution in [0.3, 0.4) is 0 Å². The fourth-order valence-electron chi connectivity index (χ4n) is 2.89. The first kappa shape index (κ1) is 12.8. The van der Waals surface area contributed by atoms with E-state index in [2.05, 4.69) is 51.3 Å². The maximum atomic E-state index is 6.00. The van der Waals surface area contributed by atoms with Crippen molar-refractivity contribution in [2.24, 2.45) is 0 Å². The van der Waals surface area contributed by atoms with Crippen LogP contribution in [-0.4, -0.2) is 16.2 Å². The lowest BCUT2D eigenvalue weighted by atomic mass is 9.97. The van der Waals surface area contributed by atoms with Crippen LogP contribution in [0.15, 0.2) is 54.2 Å². The number of thiophene rings is 1. The molecule has 1 unspecified atom stereocenters. The maximum Gasteiger partial charge on any atom is 0.150 e. The van der Waals surface area contributed by atoms with Gasteiger partial charge < -0.3 is 9.30 Å². The standard InChI is InChI=1S/C17H16N2OS/c1-2-5-14-13(4-1)7-10-20-15(14)12-19-9-8-18-17(19)16-6-3-11-21-16/h1-6,8-9,11,15H,7,10,12H2. The van der Waals surface area contributed by atoms with Crippen molar-refractivity contribution >= 4 is 11.3 Å². The van der Waals surface area contributed by atoms with Crippen LogP contribution in [0.5, 0.6) is 0 Å². The van der Waals surface area contributed by atoms with Crippen molar-refractivity contribution < 1.29 is 4.74 Å². The van der Waals surface area contributed by atoms with E-state index in [4.69, 9.17) is 4.74 Å². The van der Waals surface area contributed by atoms with Crippen LogP contribution < -0.4 is 0 Å². The smallest absolute Gasteiger partial charge is 0.150 e. The van der Waals surface area contributed by atoms with E-state index in [9.17, 15) is 0 Å². The topological polar surface area (TPSA) is 27.1 Å². The van der Waals surface area contributed by atoms with Crippen molar-refractivity contribution in [2.75, 3.05) is 6.61 Å². The summed E-state index contributed by atoms with van der Waals surface area (Å²) >= 11 is 1.72. The van der Waals surface area contributed by atoms with Crippen LogP contribution in [0, 0.1) is 0 Å². The Bertz CT molecular complexity index is 733. The average Bonchev–Trinajstić information content (AvgIpc) is 3.18. The summed E-state index contributed by atoms with van der Waals surface area (Å²) in [6.45, 7) is 1.61. The Morgan fingerprint density at radius 3 is 3.10 bits per heavy atom. The Balaban J connectivity index is 1.65. The van der Waals surface area contributed by atoms with E-state index in [1.807, 2.05) is 12.4 Å². The van der Waals surface area contributed by atoms with Crippen LogP contribution in [-0.2, 0) is 17.7 Å². The second-order valence-corrected chi connectivity index (χ2v) is 6.14. The van der Waals surface area contributed by atoms with Gasteiger partial charge in [-0.1, -0.05) is 30.3 Å². The van der Waals surface area contributed by atoms with Crippen LogP contribution in [0.4, 0.5) is 0 Å². The average molecular weight is 296 g/mol. The van der Waals surface area contributed by atoms with Gasteiger partial charge in [-0.05, 0) is 29.0 Å². The minimum Gasteiger partial charge on any atom is -0.371 e. The first-order chi connectivity index (χ1) is 10.4. The summed E-state index contributed by atoms with van der Waals surface area (Å²) in [6.07, 6.45) is 5.02. The summed E-state index contributed by atoms with van der Waals surface area (Å²) in [5.41, 5.74) is 2.72. The van der Waals surface area contributed by atoms with Gasteiger partial charge in [0.1, 0.15) is 11.9 Å². The van der Waals surface area contributed by atoms with E-state index in [1.165, 1.54) is 16.0 Å². The van der Waals surface area contributed by atoms with E-state index >= 15 is 0 Å². The number of nitrogens with zero attached hydrogens (tertiary/aromatic N) is 2. The number of hydrogen-bond acceptors (Lipinski definition) is 3. The highest BCUT2D eigenvalue weighted by Crippen LogP contribution is 2.30. The number of imidazole rings is 1. The summed E-state index contributed by atoms with van der Waals surface area (Å²) < 4.78 is 8.20. The molecule has 4 heteroatoms. The number of benzene rings is 1. The molecule has 1 aliphatic rings. The number of ether oxygens (including phenoxy) is 1. The third-order valence-corrected chi connectivity index (χ3v) is 4.78. The minimum atomic E-state index is 0.114. The zero-order valence-corrected chi connectivity index (χ0v) is 12.4. The molecule has 0 spiro atoms. The molecule has 0 radical (unpaired) electrons. The summed E-state index contributed by atoms with van der Waals surface area (Å²) in [7, 11) is 0. The lowest BCUT2D eigenvalue weighted by Gasteiger charge is -2.26. The molecule has 0 saturated carbocycles. The molecule has 21 heavy (non-hydrogen) atoms. The Morgan fingerprint density at radius 1 is 1.24 bits per heavy atom. The Labute approximate surface area is 127 Å². The van der Waals surface area contributed by atoms with Gasteiger partial charge in [0.2, 0.25) is 0 Å². The third kappa shape index (κ3) is 2.41. The molecule has 0 N–H and O–H groups in total. The molecule has 0 aliphatic carbocycles. The molecule has 4 rings (SSSR count). The van der Waals surface area contributed by atoms with Crippen LogP contribution in [0.2, 0.25) is 0 Å². The van der Waals surface area contributed by atoms with Crippen molar-refractivity contribution in [2.45, 2.75) is 19.1 Å². The van der Waals surface area contributed by atoms with Gasteiger partial charge in [0.05, 0.1) is 18.0 Å². The summed E-state index contributed by atoms with van der Waals surface area (Å²) in [4.78, 5) is 5.70. The first-order valence-corrected chi connectivity index (χ1v) is 8.04. The fraction of sp³-hybridized carbons (Fsp3) is 0.235. The number of fused-ring (bicyclic) bond motifs is 1. The molecule has 0 amide bonds.